The van der Waals surface area contributed by atoms with E-state index in [1.54, 1.807) is 0 Å². The Kier molecular flexibility index (Phi) is 5.51. The van der Waals surface area contributed by atoms with Crippen molar-refractivity contribution in [1.82, 2.24) is 0 Å². The van der Waals surface area contributed by atoms with Crippen LogP contribution < -0.4 is 10.6 Å². The summed E-state index contributed by atoms with van der Waals surface area (Å²) in [5, 5.41) is 1.17. The second-order valence-electron chi connectivity index (χ2n) is 5.37. The van der Waals surface area contributed by atoms with Gasteiger partial charge in [0.05, 0.1) is 10.0 Å². The van der Waals surface area contributed by atoms with Gasteiger partial charge in [0.25, 0.3) is 0 Å². The fourth-order valence-electron chi connectivity index (χ4n) is 2.35. The number of benzene rings is 2. The molecule has 0 aromatic heterocycles. The van der Waals surface area contributed by atoms with Crippen molar-refractivity contribution in [3.8, 4) is 0 Å². The van der Waals surface area contributed by atoms with Crippen LogP contribution in [0.15, 0.2) is 42.5 Å². The van der Waals surface area contributed by atoms with E-state index in [4.69, 9.17) is 28.9 Å². The molecule has 0 aliphatic heterocycles. The zero-order valence-corrected chi connectivity index (χ0v) is 13.8. The number of hydrogen-bond acceptors (Lipinski definition) is 2. The second kappa shape index (κ2) is 7.17. The van der Waals surface area contributed by atoms with Gasteiger partial charge in [-0.2, -0.15) is 0 Å². The molecule has 2 nitrogen and oxygen atoms in total. The van der Waals surface area contributed by atoms with E-state index in [1.165, 1.54) is 11.3 Å². The van der Waals surface area contributed by atoms with Crippen LogP contribution in [0.4, 0.5) is 5.69 Å². The third-order valence-electron chi connectivity index (χ3n) is 3.61. The summed E-state index contributed by atoms with van der Waals surface area (Å²) < 4.78 is 0. The normalized spacial score (nSPS) is 12.2. The molecule has 112 valence electrons. The third-order valence-corrected chi connectivity index (χ3v) is 4.35. The van der Waals surface area contributed by atoms with Gasteiger partial charge in [-0.3, -0.25) is 0 Å². The van der Waals surface area contributed by atoms with Crippen molar-refractivity contribution in [2.75, 3.05) is 25.5 Å². The van der Waals surface area contributed by atoms with Crippen LogP contribution in [0.3, 0.4) is 0 Å². The summed E-state index contributed by atoms with van der Waals surface area (Å²) in [4.78, 5) is 2.09. The van der Waals surface area contributed by atoms with Crippen LogP contribution >= 0.6 is 23.2 Å². The van der Waals surface area contributed by atoms with Gasteiger partial charge in [-0.25, -0.2) is 0 Å². The van der Waals surface area contributed by atoms with E-state index in [0.717, 1.165) is 12.0 Å². The van der Waals surface area contributed by atoms with E-state index >= 15 is 0 Å². The monoisotopic (exact) mass is 322 g/mol. The van der Waals surface area contributed by atoms with Crippen molar-refractivity contribution in [1.29, 1.82) is 0 Å². The van der Waals surface area contributed by atoms with E-state index in [9.17, 15) is 0 Å². The molecular formula is C17H20Cl2N2. The first-order valence-corrected chi connectivity index (χ1v) is 7.68. The van der Waals surface area contributed by atoms with Crippen molar-refractivity contribution in [2.45, 2.75) is 12.3 Å². The van der Waals surface area contributed by atoms with Crippen LogP contribution in [0.1, 0.15) is 17.0 Å². The zero-order valence-electron chi connectivity index (χ0n) is 12.3. The summed E-state index contributed by atoms with van der Waals surface area (Å²) in [5.74, 6) is 0.266. The second-order valence-corrected chi connectivity index (χ2v) is 6.19. The lowest BCUT2D eigenvalue weighted by Gasteiger charge is -2.19. The Morgan fingerprint density at radius 2 is 1.81 bits per heavy atom. The van der Waals surface area contributed by atoms with Gasteiger partial charge in [-0.15, -0.1) is 0 Å². The number of hydrogen-bond donors (Lipinski definition) is 1. The van der Waals surface area contributed by atoms with Gasteiger partial charge in [-0.05, 0) is 48.4 Å². The lowest BCUT2D eigenvalue weighted by atomic mass is 9.91. The number of halogens is 2. The minimum absolute atomic E-state index is 0.266. The lowest BCUT2D eigenvalue weighted by Crippen LogP contribution is -2.16. The quantitative estimate of drug-likeness (QED) is 0.887. The van der Waals surface area contributed by atoms with Crippen LogP contribution in [-0.2, 0) is 6.42 Å². The van der Waals surface area contributed by atoms with Crippen LogP contribution in [0.25, 0.3) is 0 Å². The average molecular weight is 323 g/mol. The molecule has 2 aromatic rings. The van der Waals surface area contributed by atoms with Gasteiger partial charge >= 0.3 is 0 Å². The first-order chi connectivity index (χ1) is 10.0. The van der Waals surface area contributed by atoms with Gasteiger partial charge in [0, 0.05) is 25.7 Å². The highest BCUT2D eigenvalue weighted by atomic mass is 35.5. The van der Waals surface area contributed by atoms with Crippen molar-refractivity contribution < 1.29 is 0 Å². The predicted octanol–water partition coefficient (Wildman–Crippen LogP) is 4.34. The van der Waals surface area contributed by atoms with Crippen molar-refractivity contribution >= 4 is 28.9 Å². The molecule has 21 heavy (non-hydrogen) atoms. The molecule has 0 radical (unpaired) electrons. The first-order valence-electron chi connectivity index (χ1n) is 6.92. The molecule has 2 rings (SSSR count). The fourth-order valence-corrected chi connectivity index (χ4v) is 2.67. The van der Waals surface area contributed by atoms with Gasteiger partial charge in [0.1, 0.15) is 0 Å². The number of nitrogens with zero attached hydrogens (tertiary/aromatic N) is 1. The van der Waals surface area contributed by atoms with E-state index in [2.05, 4.69) is 29.2 Å². The summed E-state index contributed by atoms with van der Waals surface area (Å²) >= 11 is 12.0. The fraction of sp³-hybridized carbons (Fsp3) is 0.294. The summed E-state index contributed by atoms with van der Waals surface area (Å²) in [6.45, 7) is 0.594. The van der Waals surface area contributed by atoms with Gasteiger partial charge < -0.3 is 10.6 Å². The third kappa shape index (κ3) is 4.13. The van der Waals surface area contributed by atoms with Crippen molar-refractivity contribution in [3.63, 3.8) is 0 Å². The summed E-state index contributed by atoms with van der Waals surface area (Å²) in [5.41, 5.74) is 9.55. The Morgan fingerprint density at radius 1 is 1.05 bits per heavy atom. The maximum Gasteiger partial charge on any atom is 0.0595 e. The van der Waals surface area contributed by atoms with Gasteiger partial charge in [0.15, 0.2) is 0 Å². The molecule has 0 aliphatic carbocycles. The molecule has 1 unspecified atom stereocenters. The van der Waals surface area contributed by atoms with Crippen LogP contribution in [-0.4, -0.2) is 20.6 Å². The molecule has 0 aliphatic rings. The summed E-state index contributed by atoms with van der Waals surface area (Å²) in [6.07, 6.45) is 0.851. The van der Waals surface area contributed by atoms with Gasteiger partial charge in [-0.1, -0.05) is 41.4 Å². The standard InChI is InChI=1S/C17H20Cl2N2/c1-21(2)15-5-3-4-13(10-15)14(11-20)8-12-6-7-16(18)17(19)9-12/h3-7,9-10,14H,8,11,20H2,1-2H3. The van der Waals surface area contributed by atoms with E-state index in [1.807, 2.05) is 32.3 Å². The van der Waals surface area contributed by atoms with Crippen LogP contribution in [0.2, 0.25) is 10.0 Å². The number of anilines is 1. The highest BCUT2D eigenvalue weighted by molar-refractivity contribution is 6.42. The maximum absolute atomic E-state index is 6.08. The predicted molar refractivity (Wildman–Crippen MR) is 92.7 cm³/mol. The molecule has 0 heterocycles. The minimum Gasteiger partial charge on any atom is -0.378 e. The molecule has 2 aromatic carbocycles. The van der Waals surface area contributed by atoms with Crippen molar-refractivity contribution in [2.24, 2.45) is 5.73 Å². The Balaban J connectivity index is 2.23. The molecule has 0 amide bonds. The smallest absolute Gasteiger partial charge is 0.0595 e. The molecular weight excluding hydrogens is 303 g/mol. The van der Waals surface area contributed by atoms with Gasteiger partial charge in [0.2, 0.25) is 0 Å². The molecule has 0 saturated heterocycles. The Labute approximate surface area is 136 Å². The average Bonchev–Trinajstić information content (AvgIpc) is 2.48. The Morgan fingerprint density at radius 3 is 2.43 bits per heavy atom. The zero-order chi connectivity index (χ0) is 15.4. The Hall–Kier alpha value is -1.22. The van der Waals surface area contributed by atoms with Crippen LogP contribution in [0.5, 0.6) is 0 Å². The molecule has 0 fully saturated rings. The first kappa shape index (κ1) is 16.2. The van der Waals surface area contributed by atoms with E-state index in [-0.39, 0.29) is 5.92 Å². The summed E-state index contributed by atoms with van der Waals surface area (Å²) in [6, 6.07) is 14.2. The summed E-state index contributed by atoms with van der Waals surface area (Å²) in [7, 11) is 4.07. The largest absolute Gasteiger partial charge is 0.378 e. The molecule has 1 atom stereocenters. The molecule has 0 saturated carbocycles. The molecule has 0 spiro atoms. The molecule has 4 heteroatoms. The molecule has 0 bridgehead atoms. The minimum atomic E-state index is 0.266. The van der Waals surface area contributed by atoms with E-state index in [0.29, 0.717) is 16.6 Å². The topological polar surface area (TPSA) is 29.3 Å². The Bertz CT molecular complexity index is 611. The number of nitrogens with two attached hydrogens (primary N) is 1. The molecule has 2 N–H and O–H groups in total. The lowest BCUT2D eigenvalue weighted by molar-refractivity contribution is 0.694. The number of rotatable bonds is 5. The van der Waals surface area contributed by atoms with E-state index < -0.39 is 0 Å². The highest BCUT2D eigenvalue weighted by Gasteiger charge is 2.12. The SMILES string of the molecule is CN(C)c1cccc(C(CN)Cc2ccc(Cl)c(Cl)c2)c1. The van der Waals surface area contributed by atoms with Crippen LogP contribution in [0, 0.1) is 0 Å². The highest BCUT2D eigenvalue weighted by Crippen LogP contribution is 2.27. The van der Waals surface area contributed by atoms with Crippen molar-refractivity contribution in [3.05, 3.63) is 63.6 Å². The maximum atomic E-state index is 6.08.